The molecule has 0 saturated heterocycles. The second kappa shape index (κ2) is 27.9. The normalized spacial score (nSPS) is 14.1. The Morgan fingerprint density at radius 3 is 2.15 bits per heavy atom. The van der Waals surface area contributed by atoms with Gasteiger partial charge in [-0.15, -0.1) is 18.0 Å². The van der Waals surface area contributed by atoms with Crippen LogP contribution in [-0.2, 0) is 34.9 Å². The zero-order chi connectivity index (χ0) is 51.5. The van der Waals surface area contributed by atoms with Crippen LogP contribution in [0.15, 0.2) is 41.5 Å². The van der Waals surface area contributed by atoms with Gasteiger partial charge in [-0.2, -0.15) is 15.0 Å². The zero-order valence-corrected chi connectivity index (χ0v) is 42.7. The fraction of sp³-hybridized carbons (Fsp3) is 0.489. The Morgan fingerprint density at radius 1 is 1.04 bits per heavy atom. The molecule has 2 aliphatic rings. The number of carbonyl (C=O) groups is 4. The van der Waals surface area contributed by atoms with Crippen LogP contribution >= 0.6 is 42.4 Å². The summed E-state index contributed by atoms with van der Waals surface area (Å²) < 4.78 is 35.1. The average molecular weight is 1030 g/mol. The summed E-state index contributed by atoms with van der Waals surface area (Å²) in [5.41, 5.74) is 3.92. The van der Waals surface area contributed by atoms with Gasteiger partial charge in [0.1, 0.15) is 17.4 Å². The molecule has 5 rings (SSSR count). The van der Waals surface area contributed by atoms with Crippen molar-refractivity contribution in [3.05, 3.63) is 68.7 Å². The van der Waals surface area contributed by atoms with Gasteiger partial charge in [-0.05, 0) is 109 Å². The fourth-order valence-electron chi connectivity index (χ4n) is 6.57. The maximum Gasteiger partial charge on any atom is 0.339 e. The van der Waals surface area contributed by atoms with E-state index in [4.69, 9.17) is 65.6 Å². The number of ether oxygens (including phenoxy) is 2. The van der Waals surface area contributed by atoms with Crippen molar-refractivity contribution in [3.8, 4) is 18.1 Å². The molecule has 2 unspecified atom stereocenters. The van der Waals surface area contributed by atoms with Crippen LogP contribution in [0.5, 0.6) is 5.75 Å². The highest BCUT2D eigenvalue weighted by atomic mass is 35.5. The van der Waals surface area contributed by atoms with Gasteiger partial charge in [0.2, 0.25) is 23.1 Å². The molecule has 0 bridgehead atoms. The van der Waals surface area contributed by atoms with Gasteiger partial charge in [-0.3, -0.25) is 29.1 Å². The first-order valence-electron chi connectivity index (χ1n) is 21.4. The molecule has 0 radical (unpaired) electrons. The number of methoxy groups -OCH3 is 1. The molecular formula is C45H61Cl3FN8O10P. The molecule has 2 atom stereocenters. The molecule has 0 spiro atoms. The van der Waals surface area contributed by atoms with Crippen LogP contribution < -0.4 is 30.5 Å². The van der Waals surface area contributed by atoms with Crippen molar-refractivity contribution < 1.29 is 52.5 Å². The SMILES string of the molecule is C#CC(C)Oc1cc(N2C(=O)C3=C(CCCC3)C2=O)c(F)cc1Cl.CCNc1nc(Cl)nc(NC(C)(C)C)n1.CCc1cccc(C)c1N(C(=O)CCl)C(C)COC.O=C(O)CNCP(=O)(O)O. The predicted octanol–water partition coefficient (Wildman–Crippen LogP) is 7.75. The van der Waals surface area contributed by atoms with Crippen molar-refractivity contribution in [2.24, 2.45) is 0 Å². The largest absolute Gasteiger partial charge is 0.480 e. The van der Waals surface area contributed by atoms with E-state index in [9.17, 15) is 28.1 Å². The smallest absolute Gasteiger partial charge is 0.339 e. The first-order valence-corrected chi connectivity index (χ1v) is 24.5. The molecule has 0 fully saturated rings. The van der Waals surface area contributed by atoms with Crippen molar-refractivity contribution in [1.29, 1.82) is 0 Å². The zero-order valence-electron chi connectivity index (χ0n) is 39.6. The fourth-order valence-corrected chi connectivity index (χ4v) is 7.46. The van der Waals surface area contributed by atoms with E-state index in [1.807, 2.05) is 53.7 Å². The van der Waals surface area contributed by atoms with Crippen LogP contribution in [0.25, 0.3) is 0 Å². The van der Waals surface area contributed by atoms with Crippen LogP contribution in [0.4, 0.5) is 27.7 Å². The van der Waals surface area contributed by atoms with Crippen LogP contribution in [0.2, 0.25) is 10.3 Å². The topological polar surface area (TPSA) is 246 Å². The maximum absolute atomic E-state index is 14.4. The van der Waals surface area contributed by atoms with Crippen molar-refractivity contribution in [2.45, 2.75) is 105 Å². The van der Waals surface area contributed by atoms with Crippen LogP contribution in [0, 0.1) is 25.1 Å². The van der Waals surface area contributed by atoms with E-state index < -0.39 is 50.1 Å². The molecule has 3 aromatic rings. The number of nitrogens with one attached hydrogen (secondary N) is 3. The number of alkyl halides is 1. The highest BCUT2D eigenvalue weighted by molar-refractivity contribution is 7.51. The summed E-state index contributed by atoms with van der Waals surface area (Å²) in [5, 5.41) is 16.4. The molecule has 23 heteroatoms. The number of anilines is 4. The van der Waals surface area contributed by atoms with Crippen LogP contribution in [0.3, 0.4) is 0 Å². The summed E-state index contributed by atoms with van der Waals surface area (Å²) in [7, 11) is -2.46. The van der Waals surface area contributed by atoms with Crippen molar-refractivity contribution in [2.75, 3.05) is 59.4 Å². The molecule has 1 aliphatic carbocycles. The monoisotopic (exact) mass is 1030 g/mol. The first-order chi connectivity index (χ1) is 31.8. The Bertz CT molecular complexity index is 2330. The molecule has 2 aromatic carbocycles. The third-order valence-electron chi connectivity index (χ3n) is 9.37. The number of hydrogen-bond acceptors (Lipinski definition) is 13. The van der Waals surface area contributed by atoms with Gasteiger partial charge in [0.25, 0.3) is 11.8 Å². The number of carbonyl (C=O) groups excluding carboxylic acids is 3. The van der Waals surface area contributed by atoms with Gasteiger partial charge < -0.3 is 39.9 Å². The van der Waals surface area contributed by atoms with E-state index in [0.717, 1.165) is 53.6 Å². The van der Waals surface area contributed by atoms with Gasteiger partial charge in [0.05, 0.1) is 41.9 Å². The summed E-state index contributed by atoms with van der Waals surface area (Å²) in [6.07, 6.45) is 7.75. The first kappa shape index (κ1) is 59.2. The summed E-state index contributed by atoms with van der Waals surface area (Å²) in [5.74, 6) is 0.527. The number of carboxylic acids is 1. The average Bonchev–Trinajstić information content (AvgIpc) is 3.50. The minimum absolute atomic E-state index is 0.0223. The van der Waals surface area contributed by atoms with Crippen LogP contribution in [-0.4, -0.2) is 110 Å². The Balaban J connectivity index is 0.000000326. The van der Waals surface area contributed by atoms with E-state index in [-0.39, 0.29) is 45.1 Å². The van der Waals surface area contributed by atoms with Gasteiger partial charge in [-0.1, -0.05) is 42.6 Å². The van der Waals surface area contributed by atoms with E-state index in [1.165, 1.54) is 6.07 Å². The Hall–Kier alpha value is -4.90. The number of terminal acetylenes is 1. The minimum Gasteiger partial charge on any atom is -0.480 e. The number of rotatable bonds is 16. The number of amides is 3. The van der Waals surface area contributed by atoms with Crippen molar-refractivity contribution in [3.63, 3.8) is 0 Å². The molecule has 374 valence electrons. The number of aromatic nitrogens is 3. The van der Waals surface area contributed by atoms with E-state index >= 15 is 0 Å². The highest BCUT2D eigenvalue weighted by Crippen LogP contribution is 2.40. The lowest BCUT2D eigenvalue weighted by Crippen LogP contribution is -2.43. The van der Waals surface area contributed by atoms with Crippen LogP contribution in [0.1, 0.15) is 85.3 Å². The molecular weight excluding hydrogens is 969 g/mol. The number of halogens is 4. The lowest BCUT2D eigenvalue weighted by atomic mass is 9.93. The second-order valence-corrected chi connectivity index (χ2v) is 18.9. The number of para-hydroxylation sites is 1. The van der Waals surface area contributed by atoms with Gasteiger partial charge in [0, 0.05) is 36.4 Å². The number of hydrogen-bond donors (Lipinski definition) is 6. The van der Waals surface area contributed by atoms with Gasteiger partial charge in [0.15, 0.2) is 6.10 Å². The second-order valence-electron chi connectivity index (χ2n) is 16.2. The molecule has 6 N–H and O–H groups in total. The third-order valence-corrected chi connectivity index (χ3v) is 10.7. The Kier molecular flexibility index (Phi) is 24.3. The molecule has 0 saturated carbocycles. The van der Waals surface area contributed by atoms with E-state index in [1.54, 1.807) is 18.9 Å². The van der Waals surface area contributed by atoms with Gasteiger partial charge >= 0.3 is 13.6 Å². The molecule has 3 amide bonds. The summed E-state index contributed by atoms with van der Waals surface area (Å²) in [4.78, 5) is 78.2. The highest BCUT2D eigenvalue weighted by Gasteiger charge is 2.41. The number of aryl methyl sites for hydroxylation is 2. The molecule has 2 heterocycles. The standard InChI is InChI=1S/C18H15ClFNO3.C15H22ClNO2.C9H16ClN5.C3H8NO5P/c1-3-10(2)24-16-9-15(14(20)8-13(16)19)21-17(22)11-6-4-5-7-12(11)18(21)23;1-5-13-8-6-7-11(2)15(13)17(14(18)9-16)12(3)10-19-4;1-5-11-7-12-6(10)13-8(14-7)15-9(2,3)4;5-3(6)1-4-2-10(7,8)9/h1,8-10H,4-7H2,2H3;6-8,12H,5,9-10H2,1-4H3;5H2,1-4H3,(H2,11,12,13,14,15);4H,1-2H2,(H,5,6)(H2,7,8,9). The molecule has 1 aliphatic heterocycles. The predicted molar refractivity (Wildman–Crippen MR) is 263 cm³/mol. The maximum atomic E-state index is 14.4. The minimum atomic E-state index is -4.10. The lowest BCUT2D eigenvalue weighted by Gasteiger charge is -2.31. The van der Waals surface area contributed by atoms with E-state index in [2.05, 4.69) is 49.8 Å². The third kappa shape index (κ3) is 18.9. The molecule has 18 nitrogen and oxygen atoms in total. The van der Waals surface area contributed by atoms with Crippen molar-refractivity contribution >= 4 is 89.4 Å². The van der Waals surface area contributed by atoms with E-state index in [0.29, 0.717) is 42.5 Å². The molecule has 68 heavy (non-hydrogen) atoms. The van der Waals surface area contributed by atoms with Gasteiger partial charge in [-0.25, -0.2) is 9.29 Å². The summed E-state index contributed by atoms with van der Waals surface area (Å²) >= 11 is 17.5. The summed E-state index contributed by atoms with van der Waals surface area (Å²) in [6, 6.07) is 8.32. The number of carboxylic acid groups (broad SMARTS) is 1. The number of imide groups is 1. The number of aliphatic carboxylic acids is 1. The quantitative estimate of drug-likeness (QED) is 0.0348. The number of benzene rings is 2. The van der Waals surface area contributed by atoms with Crippen molar-refractivity contribution in [1.82, 2.24) is 20.3 Å². The lowest BCUT2D eigenvalue weighted by molar-refractivity contribution is -0.136. The Morgan fingerprint density at radius 2 is 1.65 bits per heavy atom. The Labute approximate surface area is 411 Å². The molecule has 1 aromatic heterocycles. The summed E-state index contributed by atoms with van der Waals surface area (Å²) in [6.45, 7) is 16.5. The number of nitrogens with zero attached hydrogens (tertiary/aromatic N) is 5.